The molecule has 3 aromatic heterocycles. The summed E-state index contributed by atoms with van der Waals surface area (Å²) in [5.41, 5.74) is 1.15. The third-order valence-electron chi connectivity index (χ3n) is 5.59. The molecule has 0 unspecified atom stereocenters. The zero-order valence-corrected chi connectivity index (χ0v) is 18.9. The number of furan rings is 1. The van der Waals surface area contributed by atoms with E-state index >= 15 is 0 Å². The number of piperazine rings is 1. The van der Waals surface area contributed by atoms with Crippen molar-refractivity contribution in [1.82, 2.24) is 24.4 Å². The standard InChI is InChI=1S/C21H22BrN5O2S/c1-2-25-9-11-26(12-10-25)17(14-5-7-15(22)8-6-14)18-20(28)27-21(30-18)23-19(24-27)16-4-3-13-29-16/h3-8,13,17,28H,2,9-12H2,1H3/t17-/m0/s1. The lowest BCUT2D eigenvalue weighted by Crippen LogP contribution is -2.47. The SMILES string of the molecule is CCN1CCN([C@@H](c2ccc(Br)cc2)c2sc3nc(-c4ccco4)nn3c2O)CC1. The molecule has 30 heavy (non-hydrogen) atoms. The maximum atomic E-state index is 11.1. The predicted molar refractivity (Wildman–Crippen MR) is 120 cm³/mol. The number of hydrogen-bond acceptors (Lipinski definition) is 7. The van der Waals surface area contributed by atoms with Gasteiger partial charge < -0.3 is 14.4 Å². The van der Waals surface area contributed by atoms with E-state index in [1.54, 1.807) is 12.3 Å². The Labute approximate surface area is 186 Å². The second kappa shape index (κ2) is 8.14. The molecule has 0 radical (unpaired) electrons. The molecule has 4 aromatic rings. The molecule has 5 rings (SSSR count). The summed E-state index contributed by atoms with van der Waals surface area (Å²) in [7, 11) is 0. The van der Waals surface area contributed by atoms with Gasteiger partial charge in [-0.15, -0.1) is 5.10 Å². The number of nitrogens with zero attached hydrogens (tertiary/aromatic N) is 5. The first-order chi connectivity index (χ1) is 14.6. The third-order valence-corrected chi connectivity index (χ3v) is 7.20. The number of likely N-dealkylation sites (N-methyl/N-ethyl adjacent to an activating group) is 1. The molecule has 1 saturated heterocycles. The van der Waals surface area contributed by atoms with Crippen molar-refractivity contribution in [2.24, 2.45) is 0 Å². The molecule has 1 atom stereocenters. The summed E-state index contributed by atoms with van der Waals surface area (Å²) in [6.45, 7) is 7.19. The predicted octanol–water partition coefficient (Wildman–Crippen LogP) is 4.25. The highest BCUT2D eigenvalue weighted by Gasteiger charge is 2.31. The molecule has 0 amide bonds. The van der Waals surface area contributed by atoms with Crippen molar-refractivity contribution in [3.05, 3.63) is 57.6 Å². The lowest BCUT2D eigenvalue weighted by atomic mass is 10.0. The second-order valence-electron chi connectivity index (χ2n) is 7.32. The fourth-order valence-corrected chi connectivity index (χ4v) is 5.33. The number of aromatic nitrogens is 3. The van der Waals surface area contributed by atoms with Crippen molar-refractivity contribution in [1.29, 1.82) is 0 Å². The van der Waals surface area contributed by atoms with Crippen molar-refractivity contribution in [3.63, 3.8) is 0 Å². The molecule has 0 bridgehead atoms. The van der Waals surface area contributed by atoms with E-state index in [2.05, 4.69) is 54.9 Å². The first kappa shape index (κ1) is 19.7. The minimum Gasteiger partial charge on any atom is -0.492 e. The summed E-state index contributed by atoms with van der Waals surface area (Å²) >= 11 is 5.01. The van der Waals surface area contributed by atoms with E-state index in [1.807, 2.05) is 18.2 Å². The van der Waals surface area contributed by atoms with Crippen molar-refractivity contribution >= 4 is 32.2 Å². The minimum atomic E-state index is -0.0438. The highest BCUT2D eigenvalue weighted by atomic mass is 79.9. The van der Waals surface area contributed by atoms with E-state index in [4.69, 9.17) is 4.42 Å². The zero-order valence-electron chi connectivity index (χ0n) is 16.5. The average Bonchev–Trinajstić information content (AvgIpc) is 3.49. The largest absolute Gasteiger partial charge is 0.492 e. The summed E-state index contributed by atoms with van der Waals surface area (Å²) in [6, 6.07) is 11.9. The van der Waals surface area contributed by atoms with Crippen LogP contribution in [0.3, 0.4) is 0 Å². The Kier molecular flexibility index (Phi) is 5.36. The van der Waals surface area contributed by atoms with Crippen LogP contribution in [0.2, 0.25) is 0 Å². The first-order valence-corrected chi connectivity index (χ1v) is 11.6. The lowest BCUT2D eigenvalue weighted by Gasteiger charge is -2.38. The van der Waals surface area contributed by atoms with Crippen LogP contribution < -0.4 is 0 Å². The molecule has 0 spiro atoms. The molecule has 1 aliphatic rings. The fourth-order valence-electron chi connectivity index (χ4n) is 3.95. The van der Waals surface area contributed by atoms with Crippen LogP contribution in [0.1, 0.15) is 23.4 Å². The van der Waals surface area contributed by atoms with Crippen LogP contribution in [0.5, 0.6) is 5.88 Å². The highest BCUT2D eigenvalue weighted by molar-refractivity contribution is 9.10. The van der Waals surface area contributed by atoms with Crippen LogP contribution in [0.25, 0.3) is 16.5 Å². The van der Waals surface area contributed by atoms with Crippen LogP contribution in [0.4, 0.5) is 0 Å². The Balaban J connectivity index is 1.55. The molecular weight excluding hydrogens is 466 g/mol. The van der Waals surface area contributed by atoms with Gasteiger partial charge in [-0.2, -0.15) is 9.50 Å². The second-order valence-corrected chi connectivity index (χ2v) is 9.25. The van der Waals surface area contributed by atoms with E-state index in [-0.39, 0.29) is 11.9 Å². The number of benzene rings is 1. The van der Waals surface area contributed by atoms with Crippen molar-refractivity contribution in [2.45, 2.75) is 13.0 Å². The number of halogens is 1. The van der Waals surface area contributed by atoms with E-state index in [1.165, 1.54) is 15.9 Å². The van der Waals surface area contributed by atoms with Gasteiger partial charge in [-0.1, -0.05) is 46.3 Å². The van der Waals surface area contributed by atoms with Gasteiger partial charge in [0.2, 0.25) is 16.7 Å². The van der Waals surface area contributed by atoms with Gasteiger partial charge in [-0.05, 0) is 36.4 Å². The molecular formula is C21H22BrN5O2S. The average molecular weight is 488 g/mol. The van der Waals surface area contributed by atoms with Gasteiger partial charge in [0, 0.05) is 30.7 Å². The summed E-state index contributed by atoms with van der Waals surface area (Å²) in [5.74, 6) is 1.21. The summed E-state index contributed by atoms with van der Waals surface area (Å²) in [5, 5.41) is 15.6. The molecule has 0 aliphatic carbocycles. The molecule has 1 aliphatic heterocycles. The number of rotatable bonds is 5. The summed E-state index contributed by atoms with van der Waals surface area (Å²) in [6.07, 6.45) is 1.59. The molecule has 9 heteroatoms. The van der Waals surface area contributed by atoms with Crippen molar-refractivity contribution in [2.75, 3.05) is 32.7 Å². The van der Waals surface area contributed by atoms with Crippen LogP contribution in [0.15, 0.2) is 51.6 Å². The van der Waals surface area contributed by atoms with Crippen LogP contribution in [-0.2, 0) is 0 Å². The van der Waals surface area contributed by atoms with Crippen molar-refractivity contribution in [3.8, 4) is 17.5 Å². The Hall–Kier alpha value is -2.20. The normalized spacial score (nSPS) is 17.0. The molecule has 4 heterocycles. The lowest BCUT2D eigenvalue weighted by molar-refractivity contribution is 0.113. The fraction of sp³-hybridized carbons (Fsp3) is 0.333. The van der Waals surface area contributed by atoms with Crippen LogP contribution in [0, 0.1) is 0 Å². The van der Waals surface area contributed by atoms with Gasteiger partial charge in [0.15, 0.2) is 5.76 Å². The maximum Gasteiger partial charge on any atom is 0.230 e. The Morgan fingerprint density at radius 2 is 1.93 bits per heavy atom. The number of aromatic hydroxyl groups is 1. The number of hydrogen-bond donors (Lipinski definition) is 1. The van der Waals surface area contributed by atoms with E-state index in [9.17, 15) is 5.11 Å². The van der Waals surface area contributed by atoms with Gasteiger partial charge in [0.05, 0.1) is 17.2 Å². The van der Waals surface area contributed by atoms with E-state index in [0.29, 0.717) is 16.5 Å². The van der Waals surface area contributed by atoms with Gasteiger partial charge >= 0.3 is 0 Å². The summed E-state index contributed by atoms with van der Waals surface area (Å²) < 4.78 is 7.96. The Bertz CT molecular complexity index is 1130. The third kappa shape index (κ3) is 3.56. The van der Waals surface area contributed by atoms with Crippen molar-refractivity contribution < 1.29 is 9.52 Å². The van der Waals surface area contributed by atoms with Gasteiger partial charge in [-0.3, -0.25) is 4.90 Å². The zero-order chi connectivity index (χ0) is 20.7. The van der Waals surface area contributed by atoms with Crippen LogP contribution in [-0.4, -0.2) is 62.2 Å². The number of thiazole rings is 1. The molecule has 1 aromatic carbocycles. The maximum absolute atomic E-state index is 11.1. The highest BCUT2D eigenvalue weighted by Crippen LogP contribution is 2.41. The topological polar surface area (TPSA) is 70.0 Å². The molecule has 7 nitrogen and oxygen atoms in total. The smallest absolute Gasteiger partial charge is 0.230 e. The van der Waals surface area contributed by atoms with E-state index < -0.39 is 0 Å². The first-order valence-electron chi connectivity index (χ1n) is 9.98. The van der Waals surface area contributed by atoms with Crippen LogP contribution >= 0.6 is 27.3 Å². The van der Waals surface area contributed by atoms with E-state index in [0.717, 1.165) is 47.6 Å². The van der Waals surface area contributed by atoms with Gasteiger partial charge in [0.25, 0.3) is 0 Å². The molecule has 156 valence electrons. The molecule has 1 fully saturated rings. The minimum absolute atomic E-state index is 0.0438. The monoisotopic (exact) mass is 487 g/mol. The van der Waals surface area contributed by atoms with Gasteiger partial charge in [-0.25, -0.2) is 0 Å². The van der Waals surface area contributed by atoms with Gasteiger partial charge in [0.1, 0.15) is 0 Å². The Morgan fingerprint density at radius 3 is 2.57 bits per heavy atom. The Morgan fingerprint density at radius 1 is 1.17 bits per heavy atom. The number of fused-ring (bicyclic) bond motifs is 1. The molecule has 1 N–H and O–H groups in total. The quantitative estimate of drug-likeness (QED) is 0.453. The summed E-state index contributed by atoms with van der Waals surface area (Å²) in [4.78, 5) is 11.0. The molecule has 0 saturated carbocycles.